The molecule has 1 aliphatic heterocycles. The van der Waals surface area contributed by atoms with Crippen LogP contribution >= 0.6 is 0 Å². The van der Waals surface area contributed by atoms with Gasteiger partial charge in [0.05, 0.1) is 11.0 Å². The van der Waals surface area contributed by atoms with Gasteiger partial charge in [-0.05, 0) is 32.9 Å². The van der Waals surface area contributed by atoms with Crippen LogP contribution < -0.4 is 0 Å². The highest BCUT2D eigenvalue weighted by Gasteiger charge is 2.38. The van der Waals surface area contributed by atoms with Crippen LogP contribution in [0.4, 0.5) is 0 Å². The summed E-state index contributed by atoms with van der Waals surface area (Å²) < 4.78 is 15.8. The molecule has 0 bridgehead atoms. The number of aliphatic hydroxyl groups excluding tert-OH is 1. The summed E-state index contributed by atoms with van der Waals surface area (Å²) in [5.41, 5.74) is -0.215. The fraction of sp³-hybridized carbons (Fsp3) is 0.529. The Kier molecular flexibility index (Phi) is 5.38. The number of hydrogen-bond donors (Lipinski definition) is 1. The Bertz CT molecular complexity index is 548. The summed E-state index contributed by atoms with van der Waals surface area (Å²) in [6.07, 6.45) is -2.23. The van der Waals surface area contributed by atoms with Crippen LogP contribution in [0.2, 0.25) is 0 Å². The second kappa shape index (κ2) is 7.10. The average molecular weight is 322 g/mol. The predicted octanol–water partition coefficient (Wildman–Crippen LogP) is 1.91. The molecule has 1 aromatic carbocycles. The molecule has 1 fully saturated rings. The number of carbonyl (C=O) groups is 2. The fourth-order valence-corrected chi connectivity index (χ4v) is 2.12. The maximum Gasteiger partial charge on any atom is 0.338 e. The van der Waals surface area contributed by atoms with Crippen molar-refractivity contribution in [3.05, 3.63) is 35.9 Å². The van der Waals surface area contributed by atoms with Gasteiger partial charge in [0.25, 0.3) is 0 Å². The molecule has 1 unspecified atom stereocenters. The Morgan fingerprint density at radius 3 is 2.52 bits per heavy atom. The lowest BCUT2D eigenvalue weighted by atomic mass is 9.97. The third kappa shape index (κ3) is 4.77. The van der Waals surface area contributed by atoms with E-state index in [1.807, 2.05) is 0 Å². The van der Waals surface area contributed by atoms with E-state index >= 15 is 0 Å². The quantitative estimate of drug-likeness (QED) is 0.853. The largest absolute Gasteiger partial charge is 0.462 e. The lowest BCUT2D eigenvalue weighted by molar-refractivity contribution is -0.163. The van der Waals surface area contributed by atoms with Crippen molar-refractivity contribution >= 4 is 11.9 Å². The third-order valence-electron chi connectivity index (χ3n) is 3.44. The van der Waals surface area contributed by atoms with E-state index in [4.69, 9.17) is 14.2 Å². The number of rotatable bonds is 4. The molecule has 1 saturated heterocycles. The number of aliphatic hydroxyl groups is 1. The van der Waals surface area contributed by atoms with E-state index in [0.29, 0.717) is 5.56 Å². The van der Waals surface area contributed by atoms with Crippen LogP contribution in [-0.4, -0.2) is 42.1 Å². The second-order valence-corrected chi connectivity index (χ2v) is 6.52. The van der Waals surface area contributed by atoms with Gasteiger partial charge in [0, 0.05) is 6.42 Å². The first kappa shape index (κ1) is 17.4. The maximum atomic E-state index is 12.1. The Morgan fingerprint density at radius 1 is 1.26 bits per heavy atom. The Balaban J connectivity index is 1.94. The zero-order valence-corrected chi connectivity index (χ0v) is 13.5. The van der Waals surface area contributed by atoms with Gasteiger partial charge in [0.15, 0.2) is 6.29 Å². The summed E-state index contributed by atoms with van der Waals surface area (Å²) in [4.78, 5) is 23.9. The van der Waals surface area contributed by atoms with Crippen LogP contribution in [0.15, 0.2) is 30.3 Å². The van der Waals surface area contributed by atoms with Gasteiger partial charge in [-0.2, -0.15) is 0 Å². The summed E-state index contributed by atoms with van der Waals surface area (Å²) in [7, 11) is 0. The number of ether oxygens (including phenoxy) is 3. The van der Waals surface area contributed by atoms with E-state index in [9.17, 15) is 14.7 Å². The zero-order chi connectivity index (χ0) is 17.0. The standard InChI is InChI=1S/C17H22O6/c1-17(2,3)16(20)21-10-13-12(9-14(18)22-13)23-15(19)11-7-5-4-6-8-11/h4-8,12-14,18H,9-10H2,1-3H3/t12-,13-,14?/m1/s1. The van der Waals surface area contributed by atoms with Crippen molar-refractivity contribution in [1.82, 2.24) is 0 Å². The normalized spacial score (nSPS) is 24.3. The smallest absolute Gasteiger partial charge is 0.338 e. The van der Waals surface area contributed by atoms with Crippen LogP contribution in [0.25, 0.3) is 0 Å². The van der Waals surface area contributed by atoms with E-state index in [2.05, 4.69) is 0 Å². The van der Waals surface area contributed by atoms with Gasteiger partial charge >= 0.3 is 11.9 Å². The maximum absolute atomic E-state index is 12.1. The number of esters is 2. The Morgan fingerprint density at radius 2 is 1.91 bits per heavy atom. The lowest BCUT2D eigenvalue weighted by Gasteiger charge is -2.21. The molecule has 126 valence electrons. The molecule has 3 atom stereocenters. The third-order valence-corrected chi connectivity index (χ3v) is 3.44. The fourth-order valence-electron chi connectivity index (χ4n) is 2.12. The van der Waals surface area contributed by atoms with Crippen molar-refractivity contribution in [2.75, 3.05) is 6.61 Å². The second-order valence-electron chi connectivity index (χ2n) is 6.52. The molecule has 0 amide bonds. The van der Waals surface area contributed by atoms with Crippen molar-refractivity contribution in [3.8, 4) is 0 Å². The van der Waals surface area contributed by atoms with Gasteiger partial charge < -0.3 is 19.3 Å². The van der Waals surface area contributed by atoms with Crippen LogP contribution in [0, 0.1) is 5.41 Å². The van der Waals surface area contributed by atoms with Gasteiger partial charge in [-0.15, -0.1) is 0 Å². The van der Waals surface area contributed by atoms with Gasteiger partial charge in [0.1, 0.15) is 18.8 Å². The molecular weight excluding hydrogens is 300 g/mol. The first-order valence-corrected chi connectivity index (χ1v) is 7.54. The van der Waals surface area contributed by atoms with Crippen molar-refractivity contribution in [2.45, 2.75) is 45.7 Å². The number of carbonyl (C=O) groups excluding carboxylic acids is 2. The lowest BCUT2D eigenvalue weighted by Crippen LogP contribution is -2.34. The summed E-state index contributed by atoms with van der Waals surface area (Å²) in [5, 5.41) is 9.62. The molecule has 1 heterocycles. The minimum atomic E-state index is -1.04. The first-order valence-electron chi connectivity index (χ1n) is 7.54. The molecule has 0 saturated carbocycles. The van der Waals surface area contributed by atoms with Crippen molar-refractivity contribution in [2.24, 2.45) is 5.41 Å². The van der Waals surface area contributed by atoms with E-state index in [-0.39, 0.29) is 19.0 Å². The number of hydrogen-bond acceptors (Lipinski definition) is 6. The minimum Gasteiger partial charge on any atom is -0.462 e. The summed E-state index contributed by atoms with van der Waals surface area (Å²) in [6, 6.07) is 8.55. The molecule has 2 rings (SSSR count). The molecule has 0 spiro atoms. The van der Waals surface area contributed by atoms with Crippen LogP contribution in [0.5, 0.6) is 0 Å². The topological polar surface area (TPSA) is 82.1 Å². The number of benzene rings is 1. The monoisotopic (exact) mass is 322 g/mol. The highest BCUT2D eigenvalue weighted by atomic mass is 16.7. The SMILES string of the molecule is CC(C)(C)C(=O)OC[C@H]1OC(O)C[C@H]1OC(=O)c1ccccc1. The molecule has 6 nitrogen and oxygen atoms in total. The van der Waals surface area contributed by atoms with Crippen molar-refractivity contribution in [1.29, 1.82) is 0 Å². The van der Waals surface area contributed by atoms with Crippen LogP contribution in [-0.2, 0) is 19.0 Å². The first-order chi connectivity index (χ1) is 10.8. The van der Waals surface area contributed by atoms with Crippen LogP contribution in [0.1, 0.15) is 37.6 Å². The molecule has 1 aliphatic rings. The molecule has 0 aliphatic carbocycles. The van der Waals surface area contributed by atoms with Crippen molar-refractivity contribution in [3.63, 3.8) is 0 Å². The minimum absolute atomic E-state index is 0.0695. The Labute approximate surface area is 135 Å². The molecule has 0 radical (unpaired) electrons. The highest BCUT2D eigenvalue weighted by molar-refractivity contribution is 5.89. The van der Waals surface area contributed by atoms with Gasteiger partial charge in [-0.3, -0.25) is 4.79 Å². The molecule has 0 aromatic heterocycles. The summed E-state index contributed by atoms with van der Waals surface area (Å²) in [6.45, 7) is 5.16. The molecule has 1 aromatic rings. The predicted molar refractivity (Wildman–Crippen MR) is 81.6 cm³/mol. The summed E-state index contributed by atoms with van der Waals surface area (Å²) in [5.74, 6) is -0.879. The molecule has 1 N–H and O–H groups in total. The molecular formula is C17H22O6. The summed E-state index contributed by atoms with van der Waals surface area (Å²) >= 11 is 0. The van der Waals surface area contributed by atoms with Crippen LogP contribution in [0.3, 0.4) is 0 Å². The molecule has 23 heavy (non-hydrogen) atoms. The van der Waals surface area contributed by atoms with Gasteiger partial charge in [-0.1, -0.05) is 18.2 Å². The van der Waals surface area contributed by atoms with Crippen molar-refractivity contribution < 1.29 is 28.9 Å². The van der Waals surface area contributed by atoms with E-state index in [1.165, 1.54) is 0 Å². The Hall–Kier alpha value is -1.92. The van der Waals surface area contributed by atoms with E-state index in [0.717, 1.165) is 0 Å². The van der Waals surface area contributed by atoms with Gasteiger partial charge in [0.2, 0.25) is 0 Å². The van der Waals surface area contributed by atoms with E-state index < -0.39 is 29.9 Å². The van der Waals surface area contributed by atoms with E-state index in [1.54, 1.807) is 51.1 Å². The zero-order valence-electron chi connectivity index (χ0n) is 13.5. The highest BCUT2D eigenvalue weighted by Crippen LogP contribution is 2.24. The average Bonchev–Trinajstić information content (AvgIpc) is 2.84. The molecule has 6 heteroatoms. The van der Waals surface area contributed by atoms with Gasteiger partial charge in [-0.25, -0.2) is 4.79 Å².